The summed E-state index contributed by atoms with van der Waals surface area (Å²) in [6.07, 6.45) is 0.858. The van der Waals surface area contributed by atoms with Gasteiger partial charge in [0.1, 0.15) is 5.75 Å². The van der Waals surface area contributed by atoms with Crippen LogP contribution in [-0.4, -0.2) is 31.9 Å². The normalized spacial score (nSPS) is 10.9. The molecule has 0 bridgehead atoms. The zero-order valence-electron chi connectivity index (χ0n) is 15.4. The van der Waals surface area contributed by atoms with Crippen molar-refractivity contribution in [2.45, 2.75) is 13.3 Å². The van der Waals surface area contributed by atoms with Gasteiger partial charge in [0.25, 0.3) is 5.91 Å². The number of ketones is 1. The lowest BCUT2D eigenvalue weighted by Crippen LogP contribution is -2.18. The number of methoxy groups -OCH3 is 2. The number of nitrogens with one attached hydrogen (secondary N) is 1. The zero-order valence-corrected chi connectivity index (χ0v) is 15.4. The molecule has 2 aromatic rings. The summed E-state index contributed by atoms with van der Waals surface area (Å²) in [5.41, 5.74) is 1.98. The second kappa shape index (κ2) is 9.33. The van der Waals surface area contributed by atoms with Gasteiger partial charge in [0.05, 0.1) is 20.6 Å². The number of amides is 1. The largest absolute Gasteiger partial charge is 0.497 e. The fraction of sp³-hybridized carbons (Fsp3) is 0.190. The molecular formula is C21H21NO5. The SMILES string of the molecule is COC(=O)C/C(=C/C(=O)c1ccc(C)cc1)C(=O)Nc1ccc(OC)cc1. The summed E-state index contributed by atoms with van der Waals surface area (Å²) in [4.78, 5) is 36.7. The van der Waals surface area contributed by atoms with E-state index in [-0.39, 0.29) is 17.8 Å². The van der Waals surface area contributed by atoms with E-state index in [1.54, 1.807) is 55.6 Å². The van der Waals surface area contributed by atoms with Crippen LogP contribution in [-0.2, 0) is 14.3 Å². The van der Waals surface area contributed by atoms with Crippen molar-refractivity contribution in [3.05, 3.63) is 71.3 Å². The van der Waals surface area contributed by atoms with Crippen molar-refractivity contribution < 1.29 is 23.9 Å². The first-order valence-electron chi connectivity index (χ1n) is 8.26. The zero-order chi connectivity index (χ0) is 19.8. The fourth-order valence-corrected chi connectivity index (χ4v) is 2.27. The molecule has 0 aliphatic carbocycles. The van der Waals surface area contributed by atoms with Crippen molar-refractivity contribution in [3.63, 3.8) is 0 Å². The smallest absolute Gasteiger partial charge is 0.310 e. The molecule has 1 N–H and O–H groups in total. The average molecular weight is 367 g/mol. The number of hydrogen-bond donors (Lipinski definition) is 1. The van der Waals surface area contributed by atoms with E-state index in [1.807, 2.05) is 6.92 Å². The molecule has 2 aromatic carbocycles. The minimum Gasteiger partial charge on any atom is -0.497 e. The standard InChI is InChI=1S/C21H21NO5/c1-14-4-6-15(7-5-14)19(23)12-16(13-20(24)27-3)21(25)22-17-8-10-18(26-2)11-9-17/h4-12H,13H2,1-3H3,(H,22,25)/b16-12-. The topological polar surface area (TPSA) is 81.7 Å². The van der Waals surface area contributed by atoms with Gasteiger partial charge in [-0.1, -0.05) is 29.8 Å². The molecule has 0 saturated carbocycles. The summed E-state index contributed by atoms with van der Waals surface area (Å²) >= 11 is 0. The van der Waals surface area contributed by atoms with Gasteiger partial charge < -0.3 is 14.8 Å². The predicted octanol–water partition coefficient (Wildman–Crippen LogP) is 3.31. The second-order valence-electron chi connectivity index (χ2n) is 5.84. The highest BCUT2D eigenvalue weighted by molar-refractivity contribution is 6.13. The molecule has 0 radical (unpaired) electrons. The molecule has 27 heavy (non-hydrogen) atoms. The molecule has 1 amide bonds. The number of benzene rings is 2. The summed E-state index contributed by atoms with van der Waals surface area (Å²) < 4.78 is 9.70. The van der Waals surface area contributed by atoms with Gasteiger partial charge in [-0.25, -0.2) is 0 Å². The van der Waals surface area contributed by atoms with Gasteiger partial charge >= 0.3 is 5.97 Å². The van der Waals surface area contributed by atoms with Crippen LogP contribution in [0.4, 0.5) is 5.69 Å². The van der Waals surface area contributed by atoms with Crippen LogP contribution in [0.25, 0.3) is 0 Å². The lowest BCUT2D eigenvalue weighted by atomic mass is 10.0. The van der Waals surface area contributed by atoms with Gasteiger partial charge in [-0.2, -0.15) is 0 Å². The molecule has 0 heterocycles. The first kappa shape index (κ1) is 19.9. The van der Waals surface area contributed by atoms with E-state index in [1.165, 1.54) is 13.2 Å². The van der Waals surface area contributed by atoms with Crippen molar-refractivity contribution in [3.8, 4) is 5.75 Å². The maximum atomic E-state index is 12.6. The molecule has 6 heteroatoms. The third-order valence-corrected chi connectivity index (χ3v) is 3.84. The van der Waals surface area contributed by atoms with E-state index in [4.69, 9.17) is 4.74 Å². The van der Waals surface area contributed by atoms with Crippen LogP contribution < -0.4 is 10.1 Å². The minimum absolute atomic E-state index is 0.0169. The maximum Gasteiger partial charge on any atom is 0.310 e. The first-order chi connectivity index (χ1) is 12.9. The highest BCUT2D eigenvalue weighted by atomic mass is 16.5. The Morgan fingerprint density at radius 1 is 0.963 bits per heavy atom. The van der Waals surface area contributed by atoms with Gasteiger partial charge in [-0.15, -0.1) is 0 Å². The Kier molecular flexibility index (Phi) is 6.88. The van der Waals surface area contributed by atoms with Crippen LogP contribution in [0.3, 0.4) is 0 Å². The van der Waals surface area contributed by atoms with Crippen molar-refractivity contribution in [2.24, 2.45) is 0 Å². The molecule has 0 aliphatic rings. The Hall–Kier alpha value is -3.41. The van der Waals surface area contributed by atoms with Gasteiger partial charge in [0.15, 0.2) is 5.78 Å². The van der Waals surface area contributed by atoms with Gasteiger partial charge in [0.2, 0.25) is 0 Å². The van der Waals surface area contributed by atoms with Crippen molar-refractivity contribution in [1.82, 2.24) is 0 Å². The predicted molar refractivity (Wildman–Crippen MR) is 102 cm³/mol. The molecular weight excluding hydrogens is 346 g/mol. The van der Waals surface area contributed by atoms with E-state index < -0.39 is 11.9 Å². The Bertz CT molecular complexity index is 851. The van der Waals surface area contributed by atoms with E-state index in [9.17, 15) is 14.4 Å². The Balaban J connectivity index is 2.23. The number of rotatable bonds is 7. The molecule has 0 saturated heterocycles. The first-order valence-corrected chi connectivity index (χ1v) is 8.26. The van der Waals surface area contributed by atoms with Gasteiger partial charge in [-0.3, -0.25) is 14.4 Å². The van der Waals surface area contributed by atoms with E-state index >= 15 is 0 Å². The minimum atomic E-state index is -0.608. The highest BCUT2D eigenvalue weighted by Crippen LogP contribution is 2.17. The third kappa shape index (κ3) is 5.81. The van der Waals surface area contributed by atoms with Crippen LogP contribution in [0, 0.1) is 6.92 Å². The number of ether oxygens (including phenoxy) is 2. The quantitative estimate of drug-likeness (QED) is 0.461. The van der Waals surface area contributed by atoms with Crippen molar-refractivity contribution in [2.75, 3.05) is 19.5 Å². The average Bonchev–Trinajstić information content (AvgIpc) is 2.68. The summed E-state index contributed by atoms with van der Waals surface area (Å²) in [6, 6.07) is 13.7. The van der Waals surface area contributed by atoms with Crippen molar-refractivity contribution in [1.29, 1.82) is 0 Å². The Morgan fingerprint density at radius 2 is 1.59 bits per heavy atom. The summed E-state index contributed by atoms with van der Waals surface area (Å²) in [5, 5.41) is 2.67. The third-order valence-electron chi connectivity index (χ3n) is 3.84. The lowest BCUT2D eigenvalue weighted by Gasteiger charge is -2.09. The van der Waals surface area contributed by atoms with Gasteiger partial charge in [0, 0.05) is 16.8 Å². The molecule has 6 nitrogen and oxygen atoms in total. The monoisotopic (exact) mass is 367 g/mol. The number of aryl methyl sites for hydroxylation is 1. The second-order valence-corrected chi connectivity index (χ2v) is 5.84. The van der Waals surface area contributed by atoms with Crippen LogP contribution in [0.2, 0.25) is 0 Å². The molecule has 0 aliphatic heterocycles. The molecule has 140 valence electrons. The number of esters is 1. The number of allylic oxidation sites excluding steroid dienone is 1. The number of carbonyl (C=O) groups is 3. The number of carbonyl (C=O) groups excluding carboxylic acids is 3. The van der Waals surface area contributed by atoms with E-state index in [2.05, 4.69) is 10.1 Å². The molecule has 0 fully saturated rings. The van der Waals surface area contributed by atoms with Crippen LogP contribution in [0.5, 0.6) is 5.75 Å². The van der Waals surface area contributed by atoms with Crippen molar-refractivity contribution >= 4 is 23.3 Å². The lowest BCUT2D eigenvalue weighted by molar-refractivity contribution is -0.140. The van der Waals surface area contributed by atoms with Gasteiger partial charge in [-0.05, 0) is 37.3 Å². The molecule has 0 spiro atoms. The fourth-order valence-electron chi connectivity index (χ4n) is 2.27. The van der Waals surface area contributed by atoms with Crippen LogP contribution in [0.1, 0.15) is 22.3 Å². The van der Waals surface area contributed by atoms with Crippen LogP contribution >= 0.6 is 0 Å². The Labute approximate surface area is 157 Å². The molecule has 0 unspecified atom stereocenters. The summed E-state index contributed by atoms with van der Waals surface area (Å²) in [5.74, 6) is -0.875. The summed E-state index contributed by atoms with van der Waals surface area (Å²) in [7, 11) is 2.77. The maximum absolute atomic E-state index is 12.6. The van der Waals surface area contributed by atoms with E-state index in [0.717, 1.165) is 5.56 Å². The van der Waals surface area contributed by atoms with E-state index in [0.29, 0.717) is 17.0 Å². The molecule has 0 atom stereocenters. The number of anilines is 1. The molecule has 0 aromatic heterocycles. The Morgan fingerprint density at radius 3 is 2.15 bits per heavy atom. The molecule has 2 rings (SSSR count). The van der Waals surface area contributed by atoms with Crippen LogP contribution in [0.15, 0.2) is 60.2 Å². The summed E-state index contributed by atoms with van der Waals surface area (Å²) in [6.45, 7) is 1.91. The number of hydrogen-bond acceptors (Lipinski definition) is 5. The highest BCUT2D eigenvalue weighted by Gasteiger charge is 2.17.